The molecular weight excluding hydrogens is 188 g/mol. The quantitative estimate of drug-likeness (QED) is 0.759. The highest BCUT2D eigenvalue weighted by Gasteiger charge is 2.60. The molecule has 15 heavy (non-hydrogen) atoms. The van der Waals surface area contributed by atoms with Gasteiger partial charge in [0.2, 0.25) is 0 Å². The van der Waals surface area contributed by atoms with Crippen molar-refractivity contribution in [3.05, 3.63) is 35.4 Å². The van der Waals surface area contributed by atoms with Gasteiger partial charge in [-0.05, 0) is 36.8 Å². The van der Waals surface area contributed by atoms with Crippen LogP contribution in [0.1, 0.15) is 30.4 Å². The molecule has 0 radical (unpaired) electrons. The summed E-state index contributed by atoms with van der Waals surface area (Å²) in [5.41, 5.74) is 2.68. The highest BCUT2D eigenvalue weighted by atomic mass is 16.4. The summed E-state index contributed by atoms with van der Waals surface area (Å²) in [4.78, 5) is 11.0. The Morgan fingerprint density at radius 2 is 2.20 bits per heavy atom. The molecule has 2 atom stereocenters. The molecule has 1 fully saturated rings. The van der Waals surface area contributed by atoms with Gasteiger partial charge in [0.15, 0.2) is 0 Å². The van der Waals surface area contributed by atoms with Gasteiger partial charge in [-0.25, -0.2) is 0 Å². The standard InChI is InChI=1S/C13H14O2/c14-12(15)11-8-13(11)7-3-5-9-4-1-2-6-10(9)13/h1-2,4,6,11H,3,5,7-8H2,(H,14,15)/t11?,13-/m1/s1. The molecule has 1 N–H and O–H groups in total. The highest BCUT2D eigenvalue weighted by molar-refractivity contribution is 5.77. The molecule has 0 bridgehead atoms. The molecule has 2 nitrogen and oxygen atoms in total. The van der Waals surface area contributed by atoms with Gasteiger partial charge >= 0.3 is 5.97 Å². The molecule has 2 aliphatic carbocycles. The van der Waals surface area contributed by atoms with Gasteiger partial charge in [0, 0.05) is 5.41 Å². The topological polar surface area (TPSA) is 37.3 Å². The van der Waals surface area contributed by atoms with Gasteiger partial charge in [-0.15, -0.1) is 0 Å². The third kappa shape index (κ3) is 1.14. The molecule has 1 aromatic rings. The monoisotopic (exact) mass is 202 g/mol. The van der Waals surface area contributed by atoms with E-state index in [1.165, 1.54) is 11.1 Å². The molecule has 0 heterocycles. The van der Waals surface area contributed by atoms with Crippen LogP contribution in [-0.2, 0) is 16.6 Å². The maximum Gasteiger partial charge on any atom is 0.307 e. The van der Waals surface area contributed by atoms with Crippen molar-refractivity contribution in [1.82, 2.24) is 0 Å². The number of rotatable bonds is 1. The number of carbonyl (C=O) groups is 1. The minimum absolute atomic E-state index is 0.000671. The van der Waals surface area contributed by atoms with Crippen molar-refractivity contribution in [3.8, 4) is 0 Å². The van der Waals surface area contributed by atoms with Crippen LogP contribution < -0.4 is 0 Å². The van der Waals surface area contributed by atoms with Crippen LogP contribution in [0.3, 0.4) is 0 Å². The first-order valence-corrected chi connectivity index (χ1v) is 5.55. The van der Waals surface area contributed by atoms with E-state index in [9.17, 15) is 4.79 Å². The molecule has 3 rings (SSSR count). The van der Waals surface area contributed by atoms with Gasteiger partial charge in [0.1, 0.15) is 0 Å². The second-order valence-corrected chi connectivity index (χ2v) is 4.76. The maximum atomic E-state index is 11.0. The Kier molecular flexibility index (Phi) is 1.70. The number of aliphatic carboxylic acids is 1. The van der Waals surface area contributed by atoms with Crippen LogP contribution in [0.15, 0.2) is 24.3 Å². The summed E-state index contributed by atoms with van der Waals surface area (Å²) in [5.74, 6) is -0.745. The Bertz CT molecular complexity index is 424. The lowest BCUT2D eigenvalue weighted by Crippen LogP contribution is -2.21. The van der Waals surface area contributed by atoms with E-state index in [2.05, 4.69) is 18.2 Å². The van der Waals surface area contributed by atoms with Crippen LogP contribution in [-0.4, -0.2) is 11.1 Å². The molecule has 2 aliphatic rings. The van der Waals surface area contributed by atoms with Gasteiger partial charge in [0.05, 0.1) is 5.92 Å². The summed E-state index contributed by atoms with van der Waals surface area (Å²) in [6, 6.07) is 8.35. The molecule has 78 valence electrons. The lowest BCUT2D eigenvalue weighted by Gasteiger charge is -2.25. The van der Waals surface area contributed by atoms with E-state index in [-0.39, 0.29) is 11.3 Å². The van der Waals surface area contributed by atoms with Crippen LogP contribution >= 0.6 is 0 Å². The molecule has 2 heteroatoms. The number of carboxylic acid groups (broad SMARTS) is 1. The van der Waals surface area contributed by atoms with Crippen molar-refractivity contribution in [2.45, 2.75) is 31.1 Å². The predicted octanol–water partition coefficient (Wildman–Crippen LogP) is 2.37. The highest BCUT2D eigenvalue weighted by Crippen LogP contribution is 2.60. The van der Waals surface area contributed by atoms with E-state index in [1.54, 1.807) is 0 Å². The fraction of sp³-hybridized carbons (Fsp3) is 0.462. The SMILES string of the molecule is O=C(O)C1C[C@@]12CCCc1ccccc12. The number of hydrogen-bond acceptors (Lipinski definition) is 1. The first-order valence-electron chi connectivity index (χ1n) is 5.55. The minimum Gasteiger partial charge on any atom is -0.481 e. The zero-order chi connectivity index (χ0) is 10.5. The third-order valence-corrected chi connectivity index (χ3v) is 4.00. The molecule has 1 unspecified atom stereocenters. The summed E-state index contributed by atoms with van der Waals surface area (Å²) in [5, 5.41) is 9.10. The summed E-state index contributed by atoms with van der Waals surface area (Å²) < 4.78 is 0. The first kappa shape index (κ1) is 8.96. The normalized spacial score (nSPS) is 32.4. The zero-order valence-electron chi connectivity index (χ0n) is 8.57. The van der Waals surface area contributed by atoms with Crippen LogP contribution in [0.5, 0.6) is 0 Å². The molecule has 0 aromatic heterocycles. The number of fused-ring (bicyclic) bond motifs is 2. The van der Waals surface area contributed by atoms with Crippen LogP contribution in [0.4, 0.5) is 0 Å². The lowest BCUT2D eigenvalue weighted by molar-refractivity contribution is -0.139. The maximum absolute atomic E-state index is 11.0. The Labute approximate surface area is 88.9 Å². The molecule has 0 saturated heterocycles. The molecule has 1 saturated carbocycles. The van der Waals surface area contributed by atoms with E-state index >= 15 is 0 Å². The van der Waals surface area contributed by atoms with Gasteiger partial charge in [0.25, 0.3) is 0 Å². The van der Waals surface area contributed by atoms with Crippen LogP contribution in [0.2, 0.25) is 0 Å². The lowest BCUT2D eigenvalue weighted by atomic mass is 9.79. The summed E-state index contributed by atoms with van der Waals surface area (Å²) in [7, 11) is 0. The molecule has 1 spiro atoms. The molecule has 0 amide bonds. The van der Waals surface area contributed by atoms with Crippen molar-refractivity contribution in [3.63, 3.8) is 0 Å². The minimum atomic E-state index is -0.619. The van der Waals surface area contributed by atoms with E-state index in [0.29, 0.717) is 0 Å². The fourth-order valence-electron chi connectivity index (χ4n) is 3.16. The Morgan fingerprint density at radius 3 is 2.93 bits per heavy atom. The summed E-state index contributed by atoms with van der Waals surface area (Å²) in [6.07, 6.45) is 4.16. The van der Waals surface area contributed by atoms with E-state index < -0.39 is 5.97 Å². The number of carboxylic acids is 1. The first-order chi connectivity index (χ1) is 7.24. The van der Waals surface area contributed by atoms with Gasteiger partial charge in [-0.1, -0.05) is 24.3 Å². The van der Waals surface area contributed by atoms with Crippen LogP contribution in [0, 0.1) is 5.92 Å². The number of hydrogen-bond donors (Lipinski definition) is 1. The van der Waals surface area contributed by atoms with Crippen molar-refractivity contribution in [1.29, 1.82) is 0 Å². The van der Waals surface area contributed by atoms with Gasteiger partial charge < -0.3 is 5.11 Å². The average molecular weight is 202 g/mol. The van der Waals surface area contributed by atoms with Crippen molar-refractivity contribution in [2.75, 3.05) is 0 Å². The molecule has 1 aromatic carbocycles. The number of aryl methyl sites for hydroxylation is 1. The van der Waals surface area contributed by atoms with Gasteiger partial charge in [-0.3, -0.25) is 4.79 Å². The average Bonchev–Trinajstić information content (AvgIpc) is 2.95. The van der Waals surface area contributed by atoms with E-state index in [0.717, 1.165) is 25.7 Å². The number of benzene rings is 1. The summed E-state index contributed by atoms with van der Waals surface area (Å²) in [6.45, 7) is 0. The van der Waals surface area contributed by atoms with E-state index in [1.807, 2.05) is 6.07 Å². The zero-order valence-corrected chi connectivity index (χ0v) is 8.57. The van der Waals surface area contributed by atoms with Crippen molar-refractivity contribution < 1.29 is 9.90 Å². The Balaban J connectivity index is 2.05. The predicted molar refractivity (Wildman–Crippen MR) is 56.8 cm³/mol. The van der Waals surface area contributed by atoms with Crippen molar-refractivity contribution in [2.24, 2.45) is 5.92 Å². The second-order valence-electron chi connectivity index (χ2n) is 4.76. The van der Waals surface area contributed by atoms with E-state index in [4.69, 9.17) is 5.11 Å². The smallest absolute Gasteiger partial charge is 0.307 e. The Morgan fingerprint density at radius 1 is 1.40 bits per heavy atom. The second kappa shape index (κ2) is 2.84. The van der Waals surface area contributed by atoms with Gasteiger partial charge in [-0.2, -0.15) is 0 Å². The third-order valence-electron chi connectivity index (χ3n) is 4.00. The molecule has 0 aliphatic heterocycles. The summed E-state index contributed by atoms with van der Waals surface area (Å²) >= 11 is 0. The molecular formula is C13H14O2. The fourth-order valence-corrected chi connectivity index (χ4v) is 3.16. The largest absolute Gasteiger partial charge is 0.481 e. The van der Waals surface area contributed by atoms with Crippen molar-refractivity contribution >= 4 is 5.97 Å². The van der Waals surface area contributed by atoms with Crippen LogP contribution in [0.25, 0.3) is 0 Å². The Hall–Kier alpha value is -1.31.